The van der Waals surface area contributed by atoms with Gasteiger partial charge in [-0.05, 0) is 37.3 Å². The lowest BCUT2D eigenvalue weighted by Crippen LogP contribution is -2.01. The zero-order valence-electron chi connectivity index (χ0n) is 11.3. The third kappa shape index (κ3) is 5.26. The molecule has 0 atom stereocenters. The SMILES string of the molecule is CCc1ccc(OCCCCCCO)c([N+](=O)[O-])c1. The van der Waals surface area contributed by atoms with Crippen LogP contribution in [0.15, 0.2) is 18.2 Å². The second kappa shape index (κ2) is 8.48. The molecular weight excluding hydrogens is 246 g/mol. The van der Waals surface area contributed by atoms with E-state index in [1.54, 1.807) is 12.1 Å². The van der Waals surface area contributed by atoms with Crippen molar-refractivity contribution < 1.29 is 14.8 Å². The van der Waals surface area contributed by atoms with E-state index in [4.69, 9.17) is 9.84 Å². The molecule has 19 heavy (non-hydrogen) atoms. The summed E-state index contributed by atoms with van der Waals surface area (Å²) in [7, 11) is 0. The summed E-state index contributed by atoms with van der Waals surface area (Å²) in [5.74, 6) is 0.337. The number of nitrogens with zero attached hydrogens (tertiary/aromatic N) is 1. The molecule has 1 rings (SSSR count). The minimum absolute atomic E-state index is 0.0368. The van der Waals surface area contributed by atoms with Crippen LogP contribution < -0.4 is 4.74 Å². The van der Waals surface area contributed by atoms with Gasteiger partial charge in [0.05, 0.1) is 11.5 Å². The van der Waals surface area contributed by atoms with Crippen molar-refractivity contribution in [2.24, 2.45) is 0 Å². The highest BCUT2D eigenvalue weighted by Crippen LogP contribution is 2.28. The van der Waals surface area contributed by atoms with E-state index in [-0.39, 0.29) is 12.3 Å². The Morgan fingerprint density at radius 3 is 2.63 bits per heavy atom. The van der Waals surface area contributed by atoms with Crippen molar-refractivity contribution >= 4 is 5.69 Å². The van der Waals surface area contributed by atoms with Gasteiger partial charge in [0.2, 0.25) is 0 Å². The number of rotatable bonds is 9. The molecular formula is C14H21NO4. The van der Waals surface area contributed by atoms with Crippen LogP contribution >= 0.6 is 0 Å². The maximum absolute atomic E-state index is 11.0. The number of aryl methyl sites for hydroxylation is 1. The quantitative estimate of drug-likeness (QED) is 0.424. The Kier molecular flexibility index (Phi) is 6.89. The zero-order chi connectivity index (χ0) is 14.1. The lowest BCUT2D eigenvalue weighted by molar-refractivity contribution is -0.385. The van der Waals surface area contributed by atoms with E-state index in [1.807, 2.05) is 13.0 Å². The average molecular weight is 267 g/mol. The highest BCUT2D eigenvalue weighted by atomic mass is 16.6. The molecule has 1 N–H and O–H groups in total. The molecule has 5 heteroatoms. The lowest BCUT2D eigenvalue weighted by atomic mass is 10.1. The maximum atomic E-state index is 11.0. The minimum Gasteiger partial charge on any atom is -0.487 e. The molecule has 0 aliphatic carbocycles. The monoisotopic (exact) mass is 267 g/mol. The van der Waals surface area contributed by atoms with Gasteiger partial charge in [0.15, 0.2) is 5.75 Å². The Hall–Kier alpha value is -1.62. The van der Waals surface area contributed by atoms with Crippen molar-refractivity contribution in [3.8, 4) is 5.75 Å². The number of hydrogen-bond donors (Lipinski definition) is 1. The summed E-state index contributed by atoms with van der Waals surface area (Å²) in [5, 5.41) is 19.6. The molecule has 0 aliphatic heterocycles. The number of ether oxygens (including phenoxy) is 1. The van der Waals surface area contributed by atoms with Crippen LogP contribution in [0, 0.1) is 10.1 Å². The second-order valence-electron chi connectivity index (χ2n) is 4.40. The van der Waals surface area contributed by atoms with Gasteiger partial charge in [0.1, 0.15) is 0 Å². The van der Waals surface area contributed by atoms with Gasteiger partial charge in [0.25, 0.3) is 0 Å². The maximum Gasteiger partial charge on any atom is 0.311 e. The number of aliphatic hydroxyl groups excluding tert-OH is 1. The Morgan fingerprint density at radius 1 is 1.26 bits per heavy atom. The number of aliphatic hydroxyl groups is 1. The van der Waals surface area contributed by atoms with E-state index in [1.165, 1.54) is 0 Å². The molecule has 0 saturated heterocycles. The van der Waals surface area contributed by atoms with Crippen LogP contribution in [0.5, 0.6) is 5.75 Å². The smallest absolute Gasteiger partial charge is 0.311 e. The lowest BCUT2D eigenvalue weighted by Gasteiger charge is -2.07. The molecule has 0 heterocycles. The summed E-state index contributed by atoms with van der Waals surface area (Å²) < 4.78 is 5.47. The Morgan fingerprint density at radius 2 is 2.00 bits per heavy atom. The van der Waals surface area contributed by atoms with Gasteiger partial charge >= 0.3 is 5.69 Å². The van der Waals surface area contributed by atoms with Gasteiger partial charge in [-0.2, -0.15) is 0 Å². The van der Waals surface area contributed by atoms with Gasteiger partial charge in [-0.3, -0.25) is 10.1 Å². The molecule has 0 fully saturated rings. The molecule has 1 aromatic carbocycles. The molecule has 0 bridgehead atoms. The fourth-order valence-electron chi connectivity index (χ4n) is 1.80. The molecule has 1 aromatic rings. The molecule has 0 aromatic heterocycles. The first kappa shape index (κ1) is 15.4. The largest absolute Gasteiger partial charge is 0.487 e. The van der Waals surface area contributed by atoms with Crippen molar-refractivity contribution in [1.82, 2.24) is 0 Å². The molecule has 0 amide bonds. The number of hydrogen-bond acceptors (Lipinski definition) is 4. The summed E-state index contributed by atoms with van der Waals surface area (Å²) in [4.78, 5) is 10.6. The van der Waals surface area contributed by atoms with Crippen molar-refractivity contribution in [3.05, 3.63) is 33.9 Å². The van der Waals surface area contributed by atoms with Crippen LogP contribution in [-0.2, 0) is 6.42 Å². The van der Waals surface area contributed by atoms with E-state index >= 15 is 0 Å². The number of benzene rings is 1. The first-order valence-corrected chi connectivity index (χ1v) is 6.70. The number of nitro groups is 1. The number of unbranched alkanes of at least 4 members (excludes halogenated alkanes) is 3. The molecule has 106 valence electrons. The predicted octanol–water partition coefficient (Wildman–Crippen LogP) is 3.09. The van der Waals surface area contributed by atoms with Crippen LogP contribution in [0.25, 0.3) is 0 Å². The molecule has 0 aliphatic rings. The fraction of sp³-hybridized carbons (Fsp3) is 0.571. The van der Waals surface area contributed by atoms with Crippen LogP contribution in [-0.4, -0.2) is 23.2 Å². The molecule has 0 spiro atoms. The minimum atomic E-state index is -0.403. The van der Waals surface area contributed by atoms with E-state index < -0.39 is 4.92 Å². The summed E-state index contributed by atoms with van der Waals surface area (Å²) in [6.45, 7) is 2.64. The van der Waals surface area contributed by atoms with E-state index in [9.17, 15) is 10.1 Å². The molecule has 0 radical (unpaired) electrons. The van der Waals surface area contributed by atoms with Gasteiger partial charge in [-0.1, -0.05) is 19.4 Å². The Labute approximate surface area is 113 Å². The van der Waals surface area contributed by atoms with Gasteiger partial charge < -0.3 is 9.84 Å². The van der Waals surface area contributed by atoms with Crippen LogP contribution in [0.3, 0.4) is 0 Å². The highest BCUT2D eigenvalue weighted by molar-refractivity contribution is 5.48. The fourth-order valence-corrected chi connectivity index (χ4v) is 1.80. The van der Waals surface area contributed by atoms with Crippen LogP contribution in [0.1, 0.15) is 38.2 Å². The summed E-state index contributed by atoms with van der Waals surface area (Å²) in [5.41, 5.74) is 0.969. The summed E-state index contributed by atoms with van der Waals surface area (Å²) >= 11 is 0. The highest BCUT2D eigenvalue weighted by Gasteiger charge is 2.15. The standard InChI is InChI=1S/C14H21NO4/c1-2-12-7-8-14(13(11-12)15(17)18)19-10-6-4-3-5-9-16/h7-8,11,16H,2-6,9-10H2,1H3. The van der Waals surface area contributed by atoms with Gasteiger partial charge in [-0.15, -0.1) is 0 Å². The van der Waals surface area contributed by atoms with Crippen molar-refractivity contribution in [3.63, 3.8) is 0 Å². The normalized spacial score (nSPS) is 10.4. The van der Waals surface area contributed by atoms with Gasteiger partial charge in [0, 0.05) is 12.7 Å². The van der Waals surface area contributed by atoms with Crippen molar-refractivity contribution in [2.75, 3.05) is 13.2 Å². The predicted molar refractivity (Wildman–Crippen MR) is 73.5 cm³/mol. The van der Waals surface area contributed by atoms with E-state index in [0.717, 1.165) is 37.7 Å². The Bertz CT molecular complexity index is 406. The summed E-state index contributed by atoms with van der Waals surface area (Å²) in [6, 6.07) is 5.10. The van der Waals surface area contributed by atoms with E-state index in [0.29, 0.717) is 12.4 Å². The van der Waals surface area contributed by atoms with Crippen molar-refractivity contribution in [2.45, 2.75) is 39.0 Å². The van der Waals surface area contributed by atoms with E-state index in [2.05, 4.69) is 0 Å². The molecule has 5 nitrogen and oxygen atoms in total. The van der Waals surface area contributed by atoms with Crippen LogP contribution in [0.2, 0.25) is 0 Å². The Balaban J connectivity index is 2.50. The van der Waals surface area contributed by atoms with Crippen LogP contribution in [0.4, 0.5) is 5.69 Å². The van der Waals surface area contributed by atoms with Gasteiger partial charge in [-0.25, -0.2) is 0 Å². The average Bonchev–Trinajstić information content (AvgIpc) is 2.42. The third-order valence-corrected chi connectivity index (χ3v) is 2.94. The number of nitro benzene ring substituents is 1. The summed E-state index contributed by atoms with van der Waals surface area (Å²) in [6.07, 6.45) is 4.32. The third-order valence-electron chi connectivity index (χ3n) is 2.94. The first-order valence-electron chi connectivity index (χ1n) is 6.70. The zero-order valence-corrected chi connectivity index (χ0v) is 11.3. The molecule has 0 saturated carbocycles. The van der Waals surface area contributed by atoms with Crippen molar-refractivity contribution in [1.29, 1.82) is 0 Å². The topological polar surface area (TPSA) is 72.6 Å². The molecule has 0 unspecified atom stereocenters. The second-order valence-corrected chi connectivity index (χ2v) is 4.40. The first-order chi connectivity index (χ1) is 9.19.